The van der Waals surface area contributed by atoms with Crippen molar-refractivity contribution >= 4 is 33.7 Å². The zero-order chi connectivity index (χ0) is 29.5. The van der Waals surface area contributed by atoms with Crippen molar-refractivity contribution in [2.24, 2.45) is 11.7 Å². The summed E-state index contributed by atoms with van der Waals surface area (Å²) in [5, 5.41) is 2.20. The van der Waals surface area contributed by atoms with Crippen LogP contribution in [0.2, 0.25) is 0 Å². The predicted octanol–water partition coefficient (Wildman–Crippen LogP) is 5.77. The molecule has 1 atom stereocenters. The number of ether oxygens (including phenoxy) is 1. The van der Waals surface area contributed by atoms with E-state index in [-0.39, 0.29) is 5.97 Å². The largest absolute Gasteiger partial charge is 0.464 e. The van der Waals surface area contributed by atoms with Crippen molar-refractivity contribution in [3.8, 4) is 5.69 Å². The molecule has 1 saturated heterocycles. The molecular formula is C34H40N6O2. The summed E-state index contributed by atoms with van der Waals surface area (Å²) in [4.78, 5) is 28.2. The molecule has 0 unspecified atom stereocenters. The zero-order valence-corrected chi connectivity index (χ0v) is 25.2. The Balaban J connectivity index is 1.12. The van der Waals surface area contributed by atoms with E-state index >= 15 is 0 Å². The van der Waals surface area contributed by atoms with Crippen molar-refractivity contribution in [2.45, 2.75) is 59.9 Å². The molecule has 8 heteroatoms. The maximum Gasteiger partial charge on any atom is 0.323 e. The molecule has 0 amide bonds. The van der Waals surface area contributed by atoms with E-state index in [0.29, 0.717) is 18.9 Å². The first-order valence-corrected chi connectivity index (χ1v) is 14.9. The van der Waals surface area contributed by atoms with Crippen LogP contribution in [0.5, 0.6) is 0 Å². The number of nitrogens with zero attached hydrogens (tertiary/aromatic N) is 4. The van der Waals surface area contributed by atoms with E-state index in [1.807, 2.05) is 37.4 Å². The van der Waals surface area contributed by atoms with Crippen LogP contribution in [-0.2, 0) is 16.0 Å². The van der Waals surface area contributed by atoms with Crippen molar-refractivity contribution in [3.63, 3.8) is 0 Å². The van der Waals surface area contributed by atoms with Gasteiger partial charge < -0.3 is 24.9 Å². The third-order valence-corrected chi connectivity index (χ3v) is 8.60. The number of esters is 1. The number of carbonyl (C=O) groups excluding carboxylic acids is 1. The summed E-state index contributed by atoms with van der Waals surface area (Å²) in [5.41, 5.74) is 15.4. The number of nitrogens with two attached hydrogens (primary N) is 1. The number of aromatic amines is 1. The highest BCUT2D eigenvalue weighted by Gasteiger charge is 2.26. The second kappa shape index (κ2) is 11.2. The fourth-order valence-corrected chi connectivity index (χ4v) is 6.58. The number of anilines is 1. The highest BCUT2D eigenvalue weighted by molar-refractivity contribution is 5.93. The van der Waals surface area contributed by atoms with Gasteiger partial charge in [0.25, 0.3) is 0 Å². The average Bonchev–Trinajstić information content (AvgIpc) is 3.51. The van der Waals surface area contributed by atoms with Gasteiger partial charge in [-0.3, -0.25) is 4.79 Å². The molecule has 218 valence electrons. The van der Waals surface area contributed by atoms with Crippen molar-refractivity contribution in [1.82, 2.24) is 19.5 Å². The van der Waals surface area contributed by atoms with Gasteiger partial charge in [0.05, 0.1) is 17.7 Å². The molecule has 42 heavy (non-hydrogen) atoms. The monoisotopic (exact) mass is 564 g/mol. The molecular weight excluding hydrogens is 524 g/mol. The van der Waals surface area contributed by atoms with Gasteiger partial charge in [0, 0.05) is 42.8 Å². The smallest absolute Gasteiger partial charge is 0.323 e. The van der Waals surface area contributed by atoms with Crippen LogP contribution in [0.3, 0.4) is 0 Å². The second-order valence-electron chi connectivity index (χ2n) is 12.0. The van der Waals surface area contributed by atoms with E-state index < -0.39 is 6.04 Å². The Kier molecular flexibility index (Phi) is 7.49. The normalized spacial score (nSPS) is 15.0. The first-order valence-electron chi connectivity index (χ1n) is 14.9. The third-order valence-electron chi connectivity index (χ3n) is 8.60. The lowest BCUT2D eigenvalue weighted by Gasteiger charge is -2.33. The molecule has 3 aromatic heterocycles. The minimum Gasteiger partial charge on any atom is -0.464 e. The van der Waals surface area contributed by atoms with Crippen LogP contribution in [0.25, 0.3) is 27.6 Å². The van der Waals surface area contributed by atoms with E-state index in [4.69, 9.17) is 20.4 Å². The van der Waals surface area contributed by atoms with Crippen molar-refractivity contribution in [2.75, 3.05) is 24.6 Å². The number of aryl methyl sites for hydroxylation is 5. The minimum absolute atomic E-state index is 0.299. The number of fused-ring (bicyclic) bond motifs is 2. The third kappa shape index (κ3) is 5.27. The Morgan fingerprint density at radius 1 is 1.05 bits per heavy atom. The van der Waals surface area contributed by atoms with Gasteiger partial charge in [-0.05, 0) is 81.7 Å². The predicted molar refractivity (Wildman–Crippen MR) is 168 cm³/mol. The van der Waals surface area contributed by atoms with E-state index in [2.05, 4.69) is 60.5 Å². The van der Waals surface area contributed by atoms with Gasteiger partial charge in [-0.15, -0.1) is 0 Å². The molecule has 2 aromatic carbocycles. The summed E-state index contributed by atoms with van der Waals surface area (Å²) < 4.78 is 7.95. The summed E-state index contributed by atoms with van der Waals surface area (Å²) in [5.74, 6) is 1.72. The fraction of sp³-hybridized carbons (Fsp3) is 0.382. The van der Waals surface area contributed by atoms with Gasteiger partial charge in [0.1, 0.15) is 17.7 Å². The molecule has 4 heterocycles. The van der Waals surface area contributed by atoms with Crippen molar-refractivity contribution in [3.05, 3.63) is 82.4 Å². The Bertz CT molecular complexity index is 1750. The molecule has 1 aliphatic rings. The number of para-hydroxylation sites is 1. The molecule has 0 radical (unpaired) electrons. The summed E-state index contributed by atoms with van der Waals surface area (Å²) in [6.45, 7) is 12.7. The molecule has 6 rings (SSSR count). The lowest BCUT2D eigenvalue weighted by Crippen LogP contribution is -2.38. The Hall–Kier alpha value is -4.17. The zero-order valence-electron chi connectivity index (χ0n) is 25.2. The molecule has 5 aromatic rings. The maximum absolute atomic E-state index is 12.8. The summed E-state index contributed by atoms with van der Waals surface area (Å²) in [6, 6.07) is 11.8. The second-order valence-corrected chi connectivity index (χ2v) is 12.0. The number of H-pyrrole nitrogens is 1. The first-order chi connectivity index (χ1) is 20.2. The molecule has 8 nitrogen and oxygen atoms in total. The van der Waals surface area contributed by atoms with E-state index in [9.17, 15) is 4.79 Å². The van der Waals surface area contributed by atoms with Crippen LogP contribution in [0.1, 0.15) is 46.5 Å². The fourth-order valence-electron chi connectivity index (χ4n) is 6.58. The van der Waals surface area contributed by atoms with Crippen LogP contribution < -0.4 is 10.6 Å². The van der Waals surface area contributed by atoms with Gasteiger partial charge in [-0.25, -0.2) is 9.97 Å². The van der Waals surface area contributed by atoms with Gasteiger partial charge in [0.2, 0.25) is 0 Å². The van der Waals surface area contributed by atoms with Crippen LogP contribution in [0.15, 0.2) is 48.8 Å². The van der Waals surface area contributed by atoms with E-state index in [0.717, 1.165) is 65.1 Å². The number of benzene rings is 2. The maximum atomic E-state index is 12.8. The standard InChI is InChI=1S/C34H40N6O2/c1-20-14-21(2)31(22(3)15-20)40-18-23(4)30-32(37-24(5)38-33(30)40)39-12-10-25(11-13-39)19-42-34(41)28(35)16-26-17-36-29-9-7-6-8-27(26)29/h6-9,14-15,17-18,25,28,36H,10-13,16,19,35H2,1-5H3/t28-/m1/s1. The molecule has 0 aliphatic carbocycles. The van der Waals surface area contributed by atoms with Crippen LogP contribution in [0, 0.1) is 40.5 Å². The molecule has 0 saturated carbocycles. The Morgan fingerprint density at radius 2 is 1.76 bits per heavy atom. The van der Waals surface area contributed by atoms with E-state index in [1.54, 1.807) is 0 Å². The summed E-state index contributed by atoms with van der Waals surface area (Å²) in [6.07, 6.45) is 6.42. The lowest BCUT2D eigenvalue weighted by molar-refractivity contribution is -0.146. The Labute approximate surface area is 246 Å². The van der Waals surface area contributed by atoms with Crippen molar-refractivity contribution < 1.29 is 9.53 Å². The van der Waals surface area contributed by atoms with E-state index in [1.165, 1.54) is 27.9 Å². The molecule has 0 bridgehead atoms. The van der Waals surface area contributed by atoms with Gasteiger partial charge >= 0.3 is 5.97 Å². The topological polar surface area (TPSA) is 102 Å². The number of rotatable bonds is 7. The number of piperidine rings is 1. The lowest BCUT2D eigenvalue weighted by atomic mass is 9.97. The minimum atomic E-state index is -0.686. The SMILES string of the molecule is Cc1cc(C)c(-n2cc(C)c3c(N4CCC(COC(=O)[C@H](N)Cc5c[nH]c6ccccc56)CC4)nc(C)nc32)c(C)c1. The molecule has 1 aliphatic heterocycles. The van der Waals surface area contributed by atoms with Gasteiger partial charge in [-0.1, -0.05) is 35.9 Å². The molecule has 3 N–H and O–H groups in total. The average molecular weight is 565 g/mol. The van der Waals surface area contributed by atoms with Crippen LogP contribution >= 0.6 is 0 Å². The number of aromatic nitrogens is 4. The quantitative estimate of drug-likeness (QED) is 0.243. The van der Waals surface area contributed by atoms with Gasteiger partial charge in [0.15, 0.2) is 5.65 Å². The molecule has 0 spiro atoms. The highest BCUT2D eigenvalue weighted by Crippen LogP contribution is 2.34. The number of nitrogens with one attached hydrogen (secondary N) is 1. The molecule has 1 fully saturated rings. The van der Waals surface area contributed by atoms with Crippen LogP contribution in [0.4, 0.5) is 5.82 Å². The first kappa shape index (κ1) is 28.0. The van der Waals surface area contributed by atoms with Crippen LogP contribution in [-0.4, -0.2) is 51.2 Å². The number of carbonyl (C=O) groups is 1. The summed E-state index contributed by atoms with van der Waals surface area (Å²) >= 11 is 0. The highest BCUT2D eigenvalue weighted by atomic mass is 16.5. The van der Waals surface area contributed by atoms with Gasteiger partial charge in [-0.2, -0.15) is 0 Å². The number of hydrogen-bond acceptors (Lipinski definition) is 6. The van der Waals surface area contributed by atoms with Crippen molar-refractivity contribution in [1.29, 1.82) is 0 Å². The Morgan fingerprint density at radius 3 is 2.50 bits per heavy atom. The number of hydrogen-bond donors (Lipinski definition) is 2. The summed E-state index contributed by atoms with van der Waals surface area (Å²) in [7, 11) is 0.